The second-order valence-electron chi connectivity index (χ2n) is 7.48. The number of carbonyl (C=O) groups excluding carboxylic acids is 3. The minimum atomic E-state index is -0.509. The molecule has 0 aliphatic rings. The first kappa shape index (κ1) is 24.9. The van der Waals surface area contributed by atoms with E-state index in [1.165, 1.54) is 16.2 Å². The summed E-state index contributed by atoms with van der Waals surface area (Å²) in [6, 6.07) is 16.6. The number of rotatable bonds is 11. The van der Waals surface area contributed by atoms with E-state index >= 15 is 0 Å². The van der Waals surface area contributed by atoms with Crippen molar-refractivity contribution < 1.29 is 23.9 Å². The highest BCUT2D eigenvalue weighted by atomic mass is 32.1. The van der Waals surface area contributed by atoms with Crippen LogP contribution in [0, 0.1) is 6.92 Å². The van der Waals surface area contributed by atoms with Gasteiger partial charge in [0.25, 0.3) is 5.91 Å². The topological polar surface area (TPSA) is 112 Å². The molecule has 178 valence electrons. The first-order chi connectivity index (χ1) is 16.4. The van der Waals surface area contributed by atoms with Crippen molar-refractivity contribution in [3.63, 3.8) is 0 Å². The largest absolute Gasteiger partial charge is 0.484 e. The molecule has 0 aliphatic carbocycles. The number of nitrogens with zero attached hydrogens (tertiary/aromatic N) is 2. The number of hydrogen-bond acceptors (Lipinski definition) is 7. The van der Waals surface area contributed by atoms with Crippen molar-refractivity contribution >= 4 is 34.3 Å². The molecule has 3 aromatic rings. The van der Waals surface area contributed by atoms with E-state index in [2.05, 4.69) is 4.98 Å². The van der Waals surface area contributed by atoms with Gasteiger partial charge in [-0.2, -0.15) is 0 Å². The quantitative estimate of drug-likeness (QED) is 0.421. The minimum Gasteiger partial charge on any atom is -0.484 e. The van der Waals surface area contributed by atoms with Crippen molar-refractivity contribution in [2.24, 2.45) is 5.73 Å². The number of hydrogen-bond donors (Lipinski definition) is 1. The van der Waals surface area contributed by atoms with Crippen molar-refractivity contribution in [1.82, 2.24) is 4.98 Å². The maximum absolute atomic E-state index is 13.2. The second-order valence-corrected chi connectivity index (χ2v) is 8.66. The van der Waals surface area contributed by atoms with E-state index in [9.17, 15) is 14.4 Å². The highest BCUT2D eigenvalue weighted by Gasteiger charge is 2.24. The van der Waals surface area contributed by atoms with E-state index in [0.717, 1.165) is 11.1 Å². The van der Waals surface area contributed by atoms with Gasteiger partial charge in [0.2, 0.25) is 5.91 Å². The molecule has 2 N–H and O–H groups in total. The van der Waals surface area contributed by atoms with Crippen LogP contribution >= 0.6 is 11.3 Å². The molecule has 0 aliphatic heterocycles. The Morgan fingerprint density at radius 2 is 1.74 bits per heavy atom. The Hall–Kier alpha value is -3.72. The van der Waals surface area contributed by atoms with Gasteiger partial charge in [0.05, 0.1) is 13.0 Å². The van der Waals surface area contributed by atoms with Crippen LogP contribution in [0.4, 0.5) is 5.13 Å². The summed E-state index contributed by atoms with van der Waals surface area (Å²) in [4.78, 5) is 43.1. The van der Waals surface area contributed by atoms with Gasteiger partial charge in [0.15, 0.2) is 17.4 Å². The molecular weight excluding hydrogens is 454 g/mol. The number of primary amides is 1. The summed E-state index contributed by atoms with van der Waals surface area (Å²) in [7, 11) is 0. The highest BCUT2D eigenvalue weighted by Crippen LogP contribution is 2.27. The van der Waals surface area contributed by atoms with Crippen molar-refractivity contribution in [3.8, 4) is 5.75 Å². The van der Waals surface area contributed by atoms with Gasteiger partial charge in [-0.25, -0.2) is 9.78 Å². The number of amides is 2. The van der Waals surface area contributed by atoms with E-state index < -0.39 is 11.9 Å². The SMILES string of the molecule is CCOC(=O)c1nc(N(CCc2ccccc2)C(=O)COc2ccc(CC(N)=O)cc2)sc1C. The average Bonchev–Trinajstić information content (AvgIpc) is 3.20. The van der Waals surface area contributed by atoms with E-state index in [1.807, 2.05) is 30.3 Å². The first-order valence-electron chi connectivity index (χ1n) is 10.9. The van der Waals surface area contributed by atoms with Gasteiger partial charge in [0, 0.05) is 11.4 Å². The van der Waals surface area contributed by atoms with Crippen molar-refractivity contribution in [3.05, 3.63) is 76.3 Å². The van der Waals surface area contributed by atoms with Gasteiger partial charge < -0.3 is 15.2 Å². The van der Waals surface area contributed by atoms with Crippen LogP contribution in [0.1, 0.15) is 33.4 Å². The molecular formula is C25H27N3O5S. The fourth-order valence-corrected chi connectivity index (χ4v) is 4.17. The molecule has 3 rings (SSSR count). The minimum absolute atomic E-state index is 0.138. The van der Waals surface area contributed by atoms with Crippen LogP contribution in [-0.4, -0.2) is 42.5 Å². The zero-order chi connectivity index (χ0) is 24.5. The van der Waals surface area contributed by atoms with Gasteiger partial charge in [-0.05, 0) is 43.5 Å². The van der Waals surface area contributed by atoms with Crippen LogP contribution in [0.15, 0.2) is 54.6 Å². The van der Waals surface area contributed by atoms with Gasteiger partial charge >= 0.3 is 5.97 Å². The zero-order valence-corrected chi connectivity index (χ0v) is 20.0. The number of nitrogens with two attached hydrogens (primary N) is 1. The summed E-state index contributed by atoms with van der Waals surface area (Å²) < 4.78 is 10.8. The number of benzene rings is 2. The number of aryl methyl sites for hydroxylation is 1. The summed E-state index contributed by atoms with van der Waals surface area (Å²) in [5, 5.41) is 0.418. The Labute approximate surface area is 202 Å². The standard InChI is InChI=1S/C25H27N3O5S/c1-3-32-24(31)23-17(2)34-25(27-23)28(14-13-18-7-5-4-6-8-18)22(30)16-33-20-11-9-19(10-12-20)15-21(26)29/h4-12H,3,13-16H2,1-2H3,(H2,26,29). The molecule has 0 bridgehead atoms. The van der Waals surface area contributed by atoms with Crippen LogP contribution < -0.4 is 15.4 Å². The van der Waals surface area contributed by atoms with Gasteiger partial charge in [-0.15, -0.1) is 11.3 Å². The lowest BCUT2D eigenvalue weighted by Gasteiger charge is -2.20. The van der Waals surface area contributed by atoms with E-state index in [0.29, 0.717) is 28.7 Å². The van der Waals surface area contributed by atoms with E-state index in [-0.39, 0.29) is 31.2 Å². The third-order valence-electron chi connectivity index (χ3n) is 4.92. The molecule has 8 nitrogen and oxygen atoms in total. The van der Waals surface area contributed by atoms with Crippen molar-refractivity contribution in [1.29, 1.82) is 0 Å². The smallest absolute Gasteiger partial charge is 0.358 e. The van der Waals surface area contributed by atoms with E-state index in [1.54, 1.807) is 38.1 Å². The molecule has 0 spiro atoms. The highest BCUT2D eigenvalue weighted by molar-refractivity contribution is 7.16. The van der Waals surface area contributed by atoms with E-state index in [4.69, 9.17) is 15.2 Å². The Morgan fingerprint density at radius 3 is 2.38 bits per heavy atom. The second kappa shape index (κ2) is 11.9. The van der Waals surface area contributed by atoms with Crippen molar-refractivity contribution in [2.45, 2.75) is 26.7 Å². The number of anilines is 1. The summed E-state index contributed by atoms with van der Waals surface area (Å²) >= 11 is 1.26. The predicted molar refractivity (Wildman–Crippen MR) is 130 cm³/mol. The third kappa shape index (κ3) is 6.89. The molecule has 2 aromatic carbocycles. The average molecular weight is 482 g/mol. The monoisotopic (exact) mass is 481 g/mol. The fraction of sp³-hybridized carbons (Fsp3) is 0.280. The zero-order valence-electron chi connectivity index (χ0n) is 19.2. The lowest BCUT2D eigenvalue weighted by molar-refractivity contribution is -0.120. The summed E-state index contributed by atoms with van der Waals surface area (Å²) in [6.07, 6.45) is 0.750. The van der Waals surface area contributed by atoms with Crippen LogP contribution in [-0.2, 0) is 27.2 Å². The summed E-state index contributed by atoms with van der Waals surface area (Å²) in [6.45, 7) is 3.91. The molecule has 0 saturated heterocycles. The molecule has 2 amide bonds. The molecule has 0 fully saturated rings. The van der Waals surface area contributed by atoms with Crippen molar-refractivity contribution in [2.75, 3.05) is 24.7 Å². The van der Waals surface area contributed by atoms with Crippen LogP contribution in [0.2, 0.25) is 0 Å². The number of thiazole rings is 1. The van der Waals surface area contributed by atoms with Gasteiger partial charge in [-0.1, -0.05) is 42.5 Å². The molecule has 1 heterocycles. The molecule has 0 radical (unpaired) electrons. The van der Waals surface area contributed by atoms with Gasteiger partial charge in [-0.3, -0.25) is 14.5 Å². The molecule has 0 saturated carbocycles. The maximum atomic E-state index is 13.2. The summed E-state index contributed by atoms with van der Waals surface area (Å²) in [5.74, 6) is -0.725. The number of esters is 1. The Bertz CT molecular complexity index is 1130. The number of carbonyl (C=O) groups is 3. The Kier molecular flexibility index (Phi) is 8.75. The van der Waals surface area contributed by atoms with Crippen LogP contribution in [0.25, 0.3) is 0 Å². The molecule has 9 heteroatoms. The molecule has 34 heavy (non-hydrogen) atoms. The fourth-order valence-electron chi connectivity index (χ4n) is 3.23. The lowest BCUT2D eigenvalue weighted by atomic mass is 10.1. The number of aromatic nitrogens is 1. The summed E-state index contributed by atoms with van der Waals surface area (Å²) in [5.41, 5.74) is 7.27. The van der Waals surface area contributed by atoms with Gasteiger partial charge in [0.1, 0.15) is 5.75 Å². The first-order valence-corrected chi connectivity index (χ1v) is 11.7. The Balaban J connectivity index is 1.74. The molecule has 0 atom stereocenters. The predicted octanol–water partition coefficient (Wildman–Crippen LogP) is 3.31. The molecule has 1 aromatic heterocycles. The lowest BCUT2D eigenvalue weighted by Crippen LogP contribution is -2.36. The maximum Gasteiger partial charge on any atom is 0.358 e. The third-order valence-corrected chi connectivity index (χ3v) is 5.91. The van der Waals surface area contributed by atoms with Crippen LogP contribution in [0.5, 0.6) is 5.75 Å². The number of ether oxygens (including phenoxy) is 2. The Morgan fingerprint density at radius 1 is 1.03 bits per heavy atom. The van der Waals surface area contributed by atoms with Crippen LogP contribution in [0.3, 0.4) is 0 Å². The molecule has 0 unspecified atom stereocenters. The normalized spacial score (nSPS) is 10.5.